The van der Waals surface area contributed by atoms with E-state index in [1.165, 1.54) is 132 Å². The minimum Gasteiger partial charge on any atom is -0.309 e. The molecule has 15 rings (SSSR count). The Hall–Kier alpha value is -8.40. The van der Waals surface area contributed by atoms with Crippen LogP contribution in [0.2, 0.25) is 0 Å². The van der Waals surface area contributed by atoms with Crippen molar-refractivity contribution in [1.29, 1.82) is 0 Å². The second-order valence-corrected chi connectivity index (χ2v) is 22.1. The Morgan fingerprint density at radius 3 is 1.21 bits per heavy atom. The van der Waals surface area contributed by atoms with Gasteiger partial charge < -0.3 is 13.7 Å². The van der Waals surface area contributed by atoms with E-state index >= 15 is 0 Å². The van der Waals surface area contributed by atoms with Crippen molar-refractivity contribution in [1.82, 2.24) is 13.7 Å². The molecule has 0 spiro atoms. The third-order valence-electron chi connectivity index (χ3n) is 18.3. The van der Waals surface area contributed by atoms with Crippen molar-refractivity contribution in [3.8, 4) is 39.3 Å². The van der Waals surface area contributed by atoms with Gasteiger partial charge in [-0.25, -0.2) is 0 Å². The van der Waals surface area contributed by atoms with Crippen LogP contribution in [0.25, 0.3) is 126 Å². The first-order valence-electron chi connectivity index (χ1n) is 25.6. The summed E-state index contributed by atoms with van der Waals surface area (Å²) in [5, 5.41) is 12.9. The minimum atomic E-state index is -0.0613. The molecule has 0 radical (unpaired) electrons. The van der Waals surface area contributed by atoms with E-state index in [4.69, 9.17) is 0 Å². The monoisotopic (exact) mass is 923 g/mol. The van der Waals surface area contributed by atoms with E-state index in [2.05, 4.69) is 268 Å². The van der Waals surface area contributed by atoms with E-state index in [1.807, 2.05) is 0 Å². The number of para-hydroxylation sites is 3. The van der Waals surface area contributed by atoms with Crippen molar-refractivity contribution in [3.05, 3.63) is 223 Å². The van der Waals surface area contributed by atoms with Gasteiger partial charge in [-0.15, -0.1) is 0 Å². The van der Waals surface area contributed by atoms with Crippen LogP contribution in [0.15, 0.2) is 212 Å². The van der Waals surface area contributed by atoms with Crippen molar-refractivity contribution in [2.75, 3.05) is 0 Å². The van der Waals surface area contributed by atoms with Gasteiger partial charge in [0.2, 0.25) is 0 Å². The second-order valence-electron chi connectivity index (χ2n) is 22.1. The predicted octanol–water partition coefficient (Wildman–Crippen LogP) is 18.7. The van der Waals surface area contributed by atoms with Gasteiger partial charge in [0.1, 0.15) is 0 Å². The molecule has 1 aliphatic rings. The first kappa shape index (κ1) is 41.4. The summed E-state index contributed by atoms with van der Waals surface area (Å²) in [5.41, 5.74) is 18.5. The summed E-state index contributed by atoms with van der Waals surface area (Å²) in [6.07, 6.45) is 0. The molecule has 14 aromatic rings. The van der Waals surface area contributed by atoms with Gasteiger partial charge in [-0.05, 0) is 151 Å². The van der Waals surface area contributed by atoms with Crippen LogP contribution in [0, 0.1) is 5.41 Å². The van der Waals surface area contributed by atoms with Gasteiger partial charge in [-0.3, -0.25) is 0 Å². The van der Waals surface area contributed by atoms with E-state index in [0.717, 1.165) is 5.69 Å². The maximum atomic E-state index is 2.59. The Bertz CT molecular complexity index is 4480. The standard InChI is InChI=1S/C69H53N3/c1-67(2)56-40-53(64(41-57(56)68(3,4)69(67,5)6)72-62-28-16-24-51-47-20-10-11-21-48(47)52-25-17-29-63(72)66(52)65(51)62)42-30-34-46(35-31-42)71-59-27-15-13-23-50(59)55-39-44(33-37-61(55)71)43-32-36-60-54(38-43)49-22-12-14-26-58(49)70(60)45-18-8-7-9-19-45/h7-41H,1-6H3. The van der Waals surface area contributed by atoms with Gasteiger partial charge in [-0.1, -0.05) is 169 Å². The summed E-state index contributed by atoms with van der Waals surface area (Å²) < 4.78 is 7.43. The lowest BCUT2D eigenvalue weighted by Crippen LogP contribution is -2.42. The lowest BCUT2D eigenvalue weighted by molar-refractivity contribution is 0.125. The Labute approximate surface area is 419 Å². The van der Waals surface area contributed by atoms with Gasteiger partial charge >= 0.3 is 0 Å². The molecule has 3 nitrogen and oxygen atoms in total. The number of rotatable bonds is 5. The number of nitrogens with zero attached hydrogens (tertiary/aromatic N) is 3. The molecule has 3 heteroatoms. The van der Waals surface area contributed by atoms with Crippen molar-refractivity contribution in [2.24, 2.45) is 5.41 Å². The molecule has 0 aliphatic heterocycles. The van der Waals surface area contributed by atoms with Crippen LogP contribution in [0.5, 0.6) is 0 Å². The first-order chi connectivity index (χ1) is 35.0. The first-order valence-corrected chi connectivity index (χ1v) is 25.6. The Kier molecular flexibility index (Phi) is 8.26. The normalized spacial score (nSPS) is 15.1. The molecule has 0 unspecified atom stereocenters. The van der Waals surface area contributed by atoms with Crippen LogP contribution in [0.3, 0.4) is 0 Å². The van der Waals surface area contributed by atoms with Crippen molar-refractivity contribution in [2.45, 2.75) is 52.4 Å². The molecule has 72 heavy (non-hydrogen) atoms. The van der Waals surface area contributed by atoms with E-state index in [0.29, 0.717) is 0 Å². The van der Waals surface area contributed by atoms with Crippen LogP contribution < -0.4 is 0 Å². The minimum absolute atomic E-state index is 0.0136. The molecule has 0 atom stereocenters. The molecule has 3 heterocycles. The largest absolute Gasteiger partial charge is 0.309 e. The molecule has 0 fully saturated rings. The Morgan fingerprint density at radius 2 is 0.681 bits per heavy atom. The van der Waals surface area contributed by atoms with Crippen molar-refractivity contribution in [3.63, 3.8) is 0 Å². The zero-order valence-corrected chi connectivity index (χ0v) is 41.5. The summed E-state index contributed by atoms with van der Waals surface area (Å²) in [6.45, 7) is 14.8. The third-order valence-corrected chi connectivity index (χ3v) is 18.3. The lowest BCUT2D eigenvalue weighted by Gasteiger charge is -2.44. The molecule has 0 amide bonds. The summed E-state index contributed by atoms with van der Waals surface area (Å²) in [7, 11) is 0. The van der Waals surface area contributed by atoms with Gasteiger partial charge in [0.25, 0.3) is 0 Å². The highest BCUT2D eigenvalue weighted by atomic mass is 15.0. The molecule has 0 N–H and O–H groups in total. The topological polar surface area (TPSA) is 14.8 Å². The fraction of sp³-hybridized carbons (Fsp3) is 0.130. The fourth-order valence-corrected chi connectivity index (χ4v) is 13.5. The molecule has 0 saturated carbocycles. The maximum Gasteiger partial charge on any atom is 0.0547 e. The SMILES string of the molecule is CC1(C)c2cc(-c3ccc(-n4c5ccccc5c5cc(-c6ccc7c(c6)c6ccccc6n7-c6ccccc6)ccc54)cc3)c(-n3c4cccc5c6ccccc6c6cccc3c6c54)cc2C(C)(C)C1(C)C. The number of fused-ring (bicyclic) bond motifs is 10. The zero-order valence-electron chi connectivity index (χ0n) is 41.5. The number of hydrogen-bond acceptors (Lipinski definition) is 0. The fourth-order valence-electron chi connectivity index (χ4n) is 13.5. The maximum absolute atomic E-state index is 2.59. The number of hydrogen-bond donors (Lipinski definition) is 0. The van der Waals surface area contributed by atoms with Crippen LogP contribution in [-0.4, -0.2) is 13.7 Å². The van der Waals surface area contributed by atoms with Crippen LogP contribution in [-0.2, 0) is 10.8 Å². The van der Waals surface area contributed by atoms with Gasteiger partial charge in [0.15, 0.2) is 0 Å². The predicted molar refractivity (Wildman–Crippen MR) is 306 cm³/mol. The molecular formula is C69H53N3. The van der Waals surface area contributed by atoms with E-state index < -0.39 is 0 Å². The summed E-state index contributed by atoms with van der Waals surface area (Å²) >= 11 is 0. The van der Waals surface area contributed by atoms with Crippen LogP contribution in [0.4, 0.5) is 0 Å². The Morgan fingerprint density at radius 1 is 0.278 bits per heavy atom. The van der Waals surface area contributed by atoms with Crippen LogP contribution >= 0.6 is 0 Å². The molecule has 11 aromatic carbocycles. The quantitative estimate of drug-likeness (QED) is 0.153. The van der Waals surface area contributed by atoms with E-state index in [9.17, 15) is 0 Å². The molecule has 1 aliphatic carbocycles. The molecule has 344 valence electrons. The van der Waals surface area contributed by atoms with E-state index in [1.54, 1.807) is 0 Å². The van der Waals surface area contributed by atoms with Gasteiger partial charge in [0, 0.05) is 49.3 Å². The summed E-state index contributed by atoms with van der Waals surface area (Å²) in [4.78, 5) is 0. The molecule has 0 saturated heterocycles. The van der Waals surface area contributed by atoms with E-state index in [-0.39, 0.29) is 16.2 Å². The molecule has 0 bridgehead atoms. The number of aromatic nitrogens is 3. The van der Waals surface area contributed by atoms with Crippen molar-refractivity contribution >= 4 is 87.0 Å². The highest BCUT2D eigenvalue weighted by Gasteiger charge is 2.57. The van der Waals surface area contributed by atoms with Gasteiger partial charge in [0.05, 0.1) is 38.8 Å². The average molecular weight is 924 g/mol. The highest BCUT2D eigenvalue weighted by molar-refractivity contribution is 6.34. The highest BCUT2D eigenvalue weighted by Crippen LogP contribution is 2.63. The molecule has 3 aromatic heterocycles. The molecular weight excluding hydrogens is 871 g/mol. The van der Waals surface area contributed by atoms with Crippen molar-refractivity contribution < 1.29 is 0 Å². The summed E-state index contributed by atoms with van der Waals surface area (Å²) in [5.74, 6) is 0. The smallest absolute Gasteiger partial charge is 0.0547 e. The summed E-state index contributed by atoms with van der Waals surface area (Å²) in [6, 6.07) is 79.7. The third kappa shape index (κ3) is 5.30. The average Bonchev–Trinajstić information content (AvgIpc) is 4.08. The lowest BCUT2D eigenvalue weighted by atomic mass is 9.59. The number of benzene rings is 11. The zero-order chi connectivity index (χ0) is 48.4. The van der Waals surface area contributed by atoms with Crippen LogP contribution in [0.1, 0.15) is 52.7 Å². The van der Waals surface area contributed by atoms with Gasteiger partial charge in [-0.2, -0.15) is 0 Å². The second kappa shape index (κ2) is 14.4. The Balaban J connectivity index is 0.904.